The van der Waals surface area contributed by atoms with E-state index in [1.807, 2.05) is 0 Å². The van der Waals surface area contributed by atoms with Crippen molar-refractivity contribution in [1.29, 1.82) is 0 Å². The van der Waals surface area contributed by atoms with Crippen molar-refractivity contribution in [2.75, 3.05) is 0 Å². The van der Waals surface area contributed by atoms with E-state index >= 15 is 0 Å². The van der Waals surface area contributed by atoms with E-state index in [4.69, 9.17) is 10.2 Å². The Morgan fingerprint density at radius 3 is 1.50 bits per heavy atom. The molecule has 2 N–H and O–H groups in total. The van der Waals surface area contributed by atoms with Gasteiger partial charge in [0.2, 0.25) is 0 Å². The molecule has 100 valence electrons. The Balaban J connectivity index is 2.48. The number of carbonyl (C=O) groups is 4. The Hall–Kier alpha value is -1.72. The average Bonchev–Trinajstić information content (AvgIpc) is 2.27. The van der Waals surface area contributed by atoms with E-state index in [1.54, 1.807) is 0 Å². The highest BCUT2D eigenvalue weighted by atomic mass is 16.4. The quantitative estimate of drug-likeness (QED) is 0.730. The summed E-state index contributed by atoms with van der Waals surface area (Å²) in [5.74, 6) is -3.21. The number of aliphatic carboxylic acids is 2. The zero-order valence-electron chi connectivity index (χ0n) is 9.92. The first-order valence-corrected chi connectivity index (χ1v) is 5.89. The lowest BCUT2D eigenvalue weighted by Crippen LogP contribution is -2.33. The predicted octanol–water partition coefficient (Wildman–Crippen LogP) is 0.880. The van der Waals surface area contributed by atoms with Crippen LogP contribution in [-0.4, -0.2) is 33.7 Å². The fourth-order valence-electron chi connectivity index (χ4n) is 2.17. The Morgan fingerprint density at radius 2 is 1.22 bits per heavy atom. The van der Waals surface area contributed by atoms with Crippen molar-refractivity contribution in [3.63, 3.8) is 0 Å². The summed E-state index contributed by atoms with van der Waals surface area (Å²) >= 11 is 0. The van der Waals surface area contributed by atoms with Gasteiger partial charge < -0.3 is 10.2 Å². The summed E-state index contributed by atoms with van der Waals surface area (Å²) in [6.07, 6.45) is 0.233. The molecule has 2 atom stereocenters. The topological polar surface area (TPSA) is 109 Å². The first-order chi connectivity index (χ1) is 8.40. The van der Waals surface area contributed by atoms with Gasteiger partial charge in [0.1, 0.15) is 11.6 Å². The van der Waals surface area contributed by atoms with Gasteiger partial charge in [0.25, 0.3) is 0 Å². The molecule has 0 radical (unpaired) electrons. The highest BCUT2D eigenvalue weighted by Crippen LogP contribution is 2.29. The third-order valence-electron chi connectivity index (χ3n) is 3.22. The lowest BCUT2D eigenvalue weighted by atomic mass is 9.76. The molecule has 2 unspecified atom stereocenters. The van der Waals surface area contributed by atoms with Gasteiger partial charge in [-0.15, -0.1) is 0 Å². The highest BCUT2D eigenvalue weighted by molar-refractivity contribution is 5.96. The summed E-state index contributed by atoms with van der Waals surface area (Å²) in [6.45, 7) is 0. The molecule has 0 saturated heterocycles. The first kappa shape index (κ1) is 14.3. The van der Waals surface area contributed by atoms with E-state index in [2.05, 4.69) is 0 Å². The van der Waals surface area contributed by atoms with Gasteiger partial charge >= 0.3 is 11.9 Å². The lowest BCUT2D eigenvalue weighted by molar-refractivity contribution is -0.142. The Labute approximate surface area is 104 Å². The van der Waals surface area contributed by atoms with E-state index in [0.29, 0.717) is 0 Å². The standard InChI is InChI=1S/C12H16O6/c13-9-6-8(2-4-12(17)18)10(14)5-7(9)1-3-11(15)16/h7-8H,1-6H2,(H,15,16)(H,17,18). The predicted molar refractivity (Wildman–Crippen MR) is 60.0 cm³/mol. The fourth-order valence-corrected chi connectivity index (χ4v) is 2.17. The first-order valence-electron chi connectivity index (χ1n) is 5.89. The number of carboxylic acid groups (broad SMARTS) is 2. The van der Waals surface area contributed by atoms with Crippen LogP contribution in [0.3, 0.4) is 0 Å². The number of hydrogen-bond acceptors (Lipinski definition) is 4. The number of rotatable bonds is 6. The van der Waals surface area contributed by atoms with Gasteiger partial charge in [-0.2, -0.15) is 0 Å². The van der Waals surface area contributed by atoms with E-state index in [1.165, 1.54) is 0 Å². The number of hydrogen-bond donors (Lipinski definition) is 2. The molecule has 0 aliphatic heterocycles. The second kappa shape index (κ2) is 6.28. The Morgan fingerprint density at radius 1 is 0.889 bits per heavy atom. The molecular formula is C12H16O6. The SMILES string of the molecule is O=C(O)CCC1CC(=O)C(CCC(=O)O)CC1=O. The molecule has 0 amide bonds. The molecule has 0 spiro atoms. The summed E-state index contributed by atoms with van der Waals surface area (Å²) in [5, 5.41) is 17.1. The molecule has 18 heavy (non-hydrogen) atoms. The summed E-state index contributed by atoms with van der Waals surface area (Å²) in [4.78, 5) is 44.3. The Bertz CT molecular complexity index is 337. The molecule has 1 aliphatic rings. The van der Waals surface area contributed by atoms with E-state index in [9.17, 15) is 19.2 Å². The van der Waals surface area contributed by atoms with Crippen LogP contribution < -0.4 is 0 Å². The van der Waals surface area contributed by atoms with Gasteiger partial charge in [-0.3, -0.25) is 19.2 Å². The van der Waals surface area contributed by atoms with Gasteiger partial charge in [-0.05, 0) is 12.8 Å². The molecule has 0 bridgehead atoms. The fraction of sp³-hybridized carbons (Fsp3) is 0.667. The second-order valence-electron chi connectivity index (χ2n) is 4.60. The number of ketones is 2. The second-order valence-corrected chi connectivity index (χ2v) is 4.60. The average molecular weight is 256 g/mol. The molecule has 0 aromatic rings. The van der Waals surface area contributed by atoms with Gasteiger partial charge in [0.05, 0.1) is 0 Å². The van der Waals surface area contributed by atoms with Crippen LogP contribution in [0.25, 0.3) is 0 Å². The maximum atomic E-state index is 11.7. The van der Waals surface area contributed by atoms with Gasteiger partial charge in [0.15, 0.2) is 0 Å². The molecule has 1 aliphatic carbocycles. The summed E-state index contributed by atoms with van der Waals surface area (Å²) in [5.41, 5.74) is 0. The minimum Gasteiger partial charge on any atom is -0.481 e. The molecule has 0 aromatic heterocycles. The molecule has 6 heteroatoms. The van der Waals surface area contributed by atoms with E-state index in [0.717, 1.165) is 0 Å². The molecule has 1 rings (SSSR count). The molecule has 0 heterocycles. The number of carboxylic acids is 2. The molecule has 6 nitrogen and oxygen atoms in total. The van der Waals surface area contributed by atoms with E-state index in [-0.39, 0.29) is 50.1 Å². The van der Waals surface area contributed by atoms with Crippen LogP contribution in [0.15, 0.2) is 0 Å². The third kappa shape index (κ3) is 4.27. The summed E-state index contributed by atoms with van der Waals surface area (Å²) in [6, 6.07) is 0. The lowest BCUT2D eigenvalue weighted by Gasteiger charge is -2.25. The normalized spacial score (nSPS) is 24.0. The largest absolute Gasteiger partial charge is 0.481 e. The van der Waals surface area contributed by atoms with Crippen molar-refractivity contribution < 1.29 is 29.4 Å². The van der Waals surface area contributed by atoms with Crippen molar-refractivity contribution in [2.45, 2.75) is 38.5 Å². The summed E-state index contributed by atoms with van der Waals surface area (Å²) in [7, 11) is 0. The monoisotopic (exact) mass is 256 g/mol. The van der Waals surface area contributed by atoms with E-state index < -0.39 is 23.8 Å². The van der Waals surface area contributed by atoms with Crippen LogP contribution in [0.2, 0.25) is 0 Å². The Kier molecular flexibility index (Phi) is 5.00. The maximum absolute atomic E-state index is 11.7. The van der Waals surface area contributed by atoms with Crippen molar-refractivity contribution >= 4 is 23.5 Å². The minimum absolute atomic E-state index is 0.0520. The van der Waals surface area contributed by atoms with Crippen LogP contribution in [-0.2, 0) is 19.2 Å². The zero-order valence-corrected chi connectivity index (χ0v) is 9.92. The van der Waals surface area contributed by atoms with Gasteiger partial charge in [-0.25, -0.2) is 0 Å². The molecule has 0 aromatic carbocycles. The maximum Gasteiger partial charge on any atom is 0.303 e. The van der Waals surface area contributed by atoms with Crippen LogP contribution >= 0.6 is 0 Å². The molecule has 1 fully saturated rings. The van der Waals surface area contributed by atoms with Gasteiger partial charge in [0, 0.05) is 37.5 Å². The van der Waals surface area contributed by atoms with Gasteiger partial charge in [-0.1, -0.05) is 0 Å². The van der Waals surface area contributed by atoms with Crippen LogP contribution in [0.1, 0.15) is 38.5 Å². The molecular weight excluding hydrogens is 240 g/mol. The van der Waals surface area contributed by atoms with Crippen molar-refractivity contribution in [3.8, 4) is 0 Å². The van der Waals surface area contributed by atoms with Crippen LogP contribution in [0.4, 0.5) is 0 Å². The smallest absolute Gasteiger partial charge is 0.303 e. The minimum atomic E-state index is -0.983. The third-order valence-corrected chi connectivity index (χ3v) is 3.22. The highest BCUT2D eigenvalue weighted by Gasteiger charge is 2.34. The van der Waals surface area contributed by atoms with Crippen molar-refractivity contribution in [2.24, 2.45) is 11.8 Å². The number of Topliss-reactive ketones (excluding diaryl/α,β-unsaturated/α-hetero) is 2. The zero-order chi connectivity index (χ0) is 13.7. The van der Waals surface area contributed by atoms with Crippen LogP contribution in [0.5, 0.6) is 0 Å². The molecule has 1 saturated carbocycles. The number of carbonyl (C=O) groups excluding carboxylic acids is 2. The van der Waals surface area contributed by atoms with Crippen LogP contribution in [0, 0.1) is 11.8 Å². The van der Waals surface area contributed by atoms with Crippen molar-refractivity contribution in [1.82, 2.24) is 0 Å². The van der Waals surface area contributed by atoms with Crippen molar-refractivity contribution in [3.05, 3.63) is 0 Å². The summed E-state index contributed by atoms with van der Waals surface area (Å²) < 4.78 is 0.